The number of carbonyl (C=O) groups excluding carboxylic acids is 1. The normalized spacial score (nSPS) is 12.8. The lowest BCUT2D eigenvalue weighted by Crippen LogP contribution is -2.27. The first-order valence-corrected chi connectivity index (χ1v) is 14.9. The Balaban J connectivity index is 1.28. The number of rotatable bonds is 8. The van der Waals surface area contributed by atoms with Crippen molar-refractivity contribution in [3.8, 4) is 28.5 Å². The molecule has 0 aliphatic rings. The molecule has 8 nitrogen and oxygen atoms in total. The summed E-state index contributed by atoms with van der Waals surface area (Å²) in [5, 5.41) is 9.40. The van der Waals surface area contributed by atoms with Gasteiger partial charge in [-0.05, 0) is 74.2 Å². The van der Waals surface area contributed by atoms with E-state index < -0.39 is 12.4 Å². The highest BCUT2D eigenvalue weighted by atomic mass is 32.1. The molecule has 5 aromatic rings. The molecule has 2 amide bonds. The SMILES string of the molecule is CCCc1ccc(C)cc1-n1c(C)cs/c1=N\C(=O)NC(C)c1ccc(-c2ncn(-c3ccc(OC(F)(F)F)cc3)n2)cc1. The van der Waals surface area contributed by atoms with E-state index in [-0.39, 0.29) is 11.8 Å². The minimum atomic E-state index is -4.75. The molecule has 12 heteroatoms. The molecule has 2 heterocycles. The van der Waals surface area contributed by atoms with Crippen molar-refractivity contribution < 1.29 is 22.7 Å². The Morgan fingerprint density at radius 3 is 2.48 bits per heavy atom. The van der Waals surface area contributed by atoms with Crippen LogP contribution in [-0.2, 0) is 6.42 Å². The molecule has 44 heavy (non-hydrogen) atoms. The number of halogens is 3. The summed E-state index contributed by atoms with van der Waals surface area (Å²) in [6, 6.07) is 18.4. The van der Waals surface area contributed by atoms with Crippen LogP contribution in [0.15, 0.2) is 83.4 Å². The maximum atomic E-state index is 13.0. The molecule has 0 aliphatic carbocycles. The molecule has 1 unspecified atom stereocenters. The summed E-state index contributed by atoms with van der Waals surface area (Å²) in [5.74, 6) is 0.123. The number of carbonyl (C=O) groups is 1. The third kappa shape index (κ3) is 7.25. The number of thiazole rings is 1. The van der Waals surface area contributed by atoms with Gasteiger partial charge in [-0.3, -0.25) is 4.57 Å². The summed E-state index contributed by atoms with van der Waals surface area (Å²) in [5.41, 5.74) is 6.55. The van der Waals surface area contributed by atoms with Gasteiger partial charge in [-0.15, -0.1) is 29.6 Å². The van der Waals surface area contributed by atoms with Crippen molar-refractivity contribution in [2.24, 2.45) is 4.99 Å². The topological polar surface area (TPSA) is 86.3 Å². The van der Waals surface area contributed by atoms with Gasteiger partial charge in [0, 0.05) is 16.6 Å². The van der Waals surface area contributed by atoms with Crippen molar-refractivity contribution in [3.05, 3.63) is 106 Å². The number of alkyl halides is 3. The molecule has 5 rings (SSSR count). The van der Waals surface area contributed by atoms with Crippen LogP contribution in [0.25, 0.3) is 22.8 Å². The van der Waals surface area contributed by atoms with Gasteiger partial charge in [0.2, 0.25) is 0 Å². The van der Waals surface area contributed by atoms with E-state index >= 15 is 0 Å². The Bertz CT molecular complexity index is 1820. The van der Waals surface area contributed by atoms with Gasteiger partial charge in [-0.1, -0.05) is 49.7 Å². The van der Waals surface area contributed by atoms with E-state index in [1.54, 1.807) is 0 Å². The monoisotopic (exact) mass is 620 g/mol. The number of amides is 2. The van der Waals surface area contributed by atoms with E-state index in [4.69, 9.17) is 0 Å². The van der Waals surface area contributed by atoms with E-state index in [2.05, 4.69) is 57.2 Å². The molecular weight excluding hydrogens is 589 g/mol. The Labute approximate surface area is 256 Å². The predicted octanol–water partition coefficient (Wildman–Crippen LogP) is 7.63. The van der Waals surface area contributed by atoms with Gasteiger partial charge in [-0.25, -0.2) is 14.5 Å². The number of hydrogen-bond donors (Lipinski definition) is 1. The van der Waals surface area contributed by atoms with Crippen molar-refractivity contribution in [2.45, 2.75) is 52.9 Å². The number of aryl methyl sites for hydroxylation is 3. The van der Waals surface area contributed by atoms with Crippen LogP contribution in [0.2, 0.25) is 0 Å². The summed E-state index contributed by atoms with van der Waals surface area (Å²) >= 11 is 1.43. The van der Waals surface area contributed by atoms with Gasteiger partial charge in [0.1, 0.15) is 12.1 Å². The average molecular weight is 621 g/mol. The molecule has 0 saturated carbocycles. The summed E-state index contributed by atoms with van der Waals surface area (Å²) in [6.07, 6.45) is -1.33. The molecule has 1 N–H and O–H groups in total. The number of benzene rings is 3. The molecule has 0 saturated heterocycles. The Morgan fingerprint density at radius 2 is 1.80 bits per heavy atom. The zero-order valence-electron chi connectivity index (χ0n) is 24.6. The zero-order chi connectivity index (χ0) is 31.4. The fourth-order valence-electron chi connectivity index (χ4n) is 4.76. The second kappa shape index (κ2) is 12.9. The van der Waals surface area contributed by atoms with E-state index in [9.17, 15) is 18.0 Å². The van der Waals surface area contributed by atoms with Crippen LogP contribution in [0.5, 0.6) is 5.75 Å². The third-order valence-corrected chi connectivity index (χ3v) is 7.86. The molecule has 0 aliphatic heterocycles. The standard InChI is InChI=1S/C32H31F3N6O2S/c1-5-6-24-8-7-20(2)17-28(24)41-21(3)18-44-31(41)38-30(42)37-22(4)23-9-11-25(12-10-23)29-36-19-40(39-29)26-13-15-27(16-14-26)43-32(33,34)35/h7-19,22H,5-6H2,1-4H3,(H,37,42)/b38-31-. The van der Waals surface area contributed by atoms with Crippen molar-refractivity contribution in [3.63, 3.8) is 0 Å². The lowest BCUT2D eigenvalue weighted by Gasteiger charge is -2.14. The summed E-state index contributed by atoms with van der Waals surface area (Å²) in [6.45, 7) is 8.10. The second-order valence-electron chi connectivity index (χ2n) is 10.3. The van der Waals surface area contributed by atoms with Gasteiger partial charge >= 0.3 is 12.4 Å². The van der Waals surface area contributed by atoms with Gasteiger partial charge in [0.15, 0.2) is 10.6 Å². The minimum absolute atomic E-state index is 0.313. The molecule has 0 fully saturated rings. The summed E-state index contributed by atoms with van der Waals surface area (Å²) in [7, 11) is 0. The van der Waals surface area contributed by atoms with Gasteiger partial charge in [0.05, 0.1) is 17.4 Å². The molecule has 228 valence electrons. The van der Waals surface area contributed by atoms with Gasteiger partial charge in [-0.2, -0.15) is 4.99 Å². The lowest BCUT2D eigenvalue weighted by molar-refractivity contribution is -0.274. The Kier molecular flexibility index (Phi) is 9.00. The van der Waals surface area contributed by atoms with Crippen LogP contribution in [-0.4, -0.2) is 31.7 Å². The molecule has 0 bridgehead atoms. The van der Waals surface area contributed by atoms with Crippen molar-refractivity contribution in [1.29, 1.82) is 0 Å². The number of nitrogens with zero attached hydrogens (tertiary/aromatic N) is 5. The first-order chi connectivity index (χ1) is 21.0. The largest absolute Gasteiger partial charge is 0.573 e. The average Bonchev–Trinajstić information content (AvgIpc) is 3.61. The van der Waals surface area contributed by atoms with Crippen molar-refractivity contribution in [1.82, 2.24) is 24.6 Å². The highest BCUT2D eigenvalue weighted by Gasteiger charge is 2.31. The third-order valence-electron chi connectivity index (χ3n) is 6.91. The minimum Gasteiger partial charge on any atom is -0.406 e. The highest BCUT2D eigenvalue weighted by molar-refractivity contribution is 7.07. The molecular formula is C32H31F3N6O2S. The number of nitrogens with one attached hydrogen (secondary N) is 1. The van der Waals surface area contributed by atoms with Crippen LogP contribution < -0.4 is 14.9 Å². The van der Waals surface area contributed by atoms with Crippen LogP contribution in [0.4, 0.5) is 18.0 Å². The number of aromatic nitrogens is 4. The number of ether oxygens (including phenoxy) is 1. The molecule has 3 aromatic carbocycles. The van der Waals surface area contributed by atoms with Crippen LogP contribution >= 0.6 is 11.3 Å². The molecule has 0 radical (unpaired) electrons. The number of hydrogen-bond acceptors (Lipinski definition) is 5. The van der Waals surface area contributed by atoms with E-state index in [1.807, 2.05) is 48.1 Å². The zero-order valence-corrected chi connectivity index (χ0v) is 25.4. The maximum Gasteiger partial charge on any atom is 0.573 e. The van der Waals surface area contributed by atoms with Crippen molar-refractivity contribution in [2.75, 3.05) is 0 Å². The Morgan fingerprint density at radius 1 is 1.07 bits per heavy atom. The molecule has 0 spiro atoms. The van der Waals surface area contributed by atoms with Crippen LogP contribution in [0, 0.1) is 13.8 Å². The summed E-state index contributed by atoms with van der Waals surface area (Å²) in [4.78, 5) is 22.4. The van der Waals surface area contributed by atoms with E-state index in [1.165, 1.54) is 52.2 Å². The second-order valence-corrected chi connectivity index (χ2v) is 11.2. The number of urea groups is 1. The highest BCUT2D eigenvalue weighted by Crippen LogP contribution is 2.25. The predicted molar refractivity (Wildman–Crippen MR) is 163 cm³/mol. The fourth-order valence-corrected chi connectivity index (χ4v) is 5.62. The Hall–Kier alpha value is -4.71. The maximum absolute atomic E-state index is 13.0. The van der Waals surface area contributed by atoms with Gasteiger partial charge in [0.25, 0.3) is 0 Å². The first kappa shape index (κ1) is 30.7. The van der Waals surface area contributed by atoms with Crippen LogP contribution in [0.3, 0.4) is 0 Å². The smallest absolute Gasteiger partial charge is 0.406 e. The summed E-state index contributed by atoms with van der Waals surface area (Å²) < 4.78 is 44.7. The van der Waals surface area contributed by atoms with E-state index in [0.717, 1.165) is 40.9 Å². The van der Waals surface area contributed by atoms with Gasteiger partial charge < -0.3 is 10.1 Å². The van der Waals surface area contributed by atoms with Crippen molar-refractivity contribution >= 4 is 17.4 Å². The molecule has 2 aromatic heterocycles. The fraction of sp³-hybridized carbons (Fsp3) is 0.250. The van der Waals surface area contributed by atoms with E-state index in [0.29, 0.717) is 16.3 Å². The lowest BCUT2D eigenvalue weighted by atomic mass is 10.1. The quantitative estimate of drug-likeness (QED) is 0.193. The van der Waals surface area contributed by atoms with Crippen LogP contribution in [0.1, 0.15) is 48.7 Å². The molecule has 1 atom stereocenters. The first-order valence-electron chi connectivity index (χ1n) is 14.0.